The first-order valence-corrected chi connectivity index (χ1v) is 7.56. The van der Waals surface area contributed by atoms with E-state index in [0.717, 1.165) is 19.5 Å². The minimum absolute atomic E-state index is 0.0979. The number of hydrogen-bond donors (Lipinski definition) is 3. The van der Waals surface area contributed by atoms with E-state index in [1.54, 1.807) is 0 Å². The first-order valence-electron chi connectivity index (χ1n) is 7.56. The molecule has 5 nitrogen and oxygen atoms in total. The SMILES string of the molecule is CC(C)NC(=O)NCC(O)CN1CCc2ccccc2C1. The van der Waals surface area contributed by atoms with Gasteiger partial charge in [0, 0.05) is 32.2 Å². The second kappa shape index (κ2) is 7.43. The van der Waals surface area contributed by atoms with Gasteiger partial charge in [0.15, 0.2) is 0 Å². The van der Waals surface area contributed by atoms with Crippen LogP contribution in [0.1, 0.15) is 25.0 Å². The Labute approximate surface area is 126 Å². The van der Waals surface area contributed by atoms with Gasteiger partial charge in [-0.15, -0.1) is 0 Å². The fraction of sp³-hybridized carbons (Fsp3) is 0.562. The lowest BCUT2D eigenvalue weighted by Crippen LogP contribution is -2.46. The Kier molecular flexibility index (Phi) is 5.59. The van der Waals surface area contributed by atoms with Crippen molar-refractivity contribution >= 4 is 6.03 Å². The highest BCUT2D eigenvalue weighted by molar-refractivity contribution is 5.74. The van der Waals surface area contributed by atoms with E-state index in [4.69, 9.17) is 0 Å². The van der Waals surface area contributed by atoms with E-state index in [-0.39, 0.29) is 18.6 Å². The average molecular weight is 291 g/mol. The fourth-order valence-electron chi connectivity index (χ4n) is 2.60. The number of urea groups is 1. The number of β-amino-alcohol motifs (C(OH)–C–C–N with tert-alkyl or cyclic N) is 1. The van der Waals surface area contributed by atoms with E-state index in [0.29, 0.717) is 6.54 Å². The third-order valence-corrected chi connectivity index (χ3v) is 3.60. The van der Waals surface area contributed by atoms with Gasteiger partial charge in [-0.25, -0.2) is 4.79 Å². The molecule has 0 saturated heterocycles. The highest BCUT2D eigenvalue weighted by Gasteiger charge is 2.18. The molecular weight excluding hydrogens is 266 g/mol. The summed E-state index contributed by atoms with van der Waals surface area (Å²) in [7, 11) is 0. The molecule has 1 aliphatic rings. The number of amides is 2. The highest BCUT2D eigenvalue weighted by Crippen LogP contribution is 2.18. The number of nitrogens with one attached hydrogen (secondary N) is 2. The van der Waals surface area contributed by atoms with Crippen LogP contribution in [0.4, 0.5) is 4.79 Å². The predicted molar refractivity (Wildman–Crippen MR) is 83.1 cm³/mol. The molecule has 0 saturated carbocycles. The minimum atomic E-state index is -0.548. The Bertz CT molecular complexity index is 476. The van der Waals surface area contributed by atoms with Gasteiger partial charge in [-0.1, -0.05) is 24.3 Å². The van der Waals surface area contributed by atoms with E-state index < -0.39 is 6.10 Å². The Morgan fingerprint density at radius 1 is 1.33 bits per heavy atom. The largest absolute Gasteiger partial charge is 0.390 e. The van der Waals surface area contributed by atoms with Crippen LogP contribution >= 0.6 is 0 Å². The molecule has 116 valence electrons. The monoisotopic (exact) mass is 291 g/mol. The number of carbonyl (C=O) groups excluding carboxylic acids is 1. The molecule has 1 aliphatic heterocycles. The van der Waals surface area contributed by atoms with Crippen LogP contribution < -0.4 is 10.6 Å². The van der Waals surface area contributed by atoms with Crippen LogP contribution in [0.15, 0.2) is 24.3 Å². The number of carbonyl (C=O) groups is 1. The summed E-state index contributed by atoms with van der Waals surface area (Å²) in [6.07, 6.45) is 0.470. The molecule has 0 fully saturated rings. The van der Waals surface area contributed by atoms with Crippen molar-refractivity contribution in [3.8, 4) is 0 Å². The zero-order chi connectivity index (χ0) is 15.2. The van der Waals surface area contributed by atoms with E-state index >= 15 is 0 Å². The van der Waals surface area contributed by atoms with Crippen molar-refractivity contribution in [3.63, 3.8) is 0 Å². The molecule has 1 aromatic carbocycles. The van der Waals surface area contributed by atoms with Gasteiger partial charge in [-0.2, -0.15) is 0 Å². The number of nitrogens with zero attached hydrogens (tertiary/aromatic N) is 1. The van der Waals surface area contributed by atoms with E-state index in [1.807, 2.05) is 13.8 Å². The molecule has 0 bridgehead atoms. The molecule has 3 N–H and O–H groups in total. The molecule has 1 unspecified atom stereocenters. The predicted octanol–water partition coefficient (Wildman–Crippen LogP) is 1.11. The Morgan fingerprint density at radius 3 is 2.76 bits per heavy atom. The number of aliphatic hydroxyl groups is 1. The van der Waals surface area contributed by atoms with E-state index in [1.165, 1.54) is 11.1 Å². The number of aliphatic hydroxyl groups excluding tert-OH is 1. The summed E-state index contributed by atoms with van der Waals surface area (Å²) in [5.74, 6) is 0. The Morgan fingerprint density at radius 2 is 2.05 bits per heavy atom. The molecular formula is C16H25N3O2. The average Bonchev–Trinajstić information content (AvgIpc) is 2.44. The van der Waals surface area contributed by atoms with Crippen LogP contribution in [-0.4, -0.2) is 47.8 Å². The van der Waals surface area contributed by atoms with Crippen molar-refractivity contribution in [2.75, 3.05) is 19.6 Å². The zero-order valence-electron chi connectivity index (χ0n) is 12.8. The standard InChI is InChI=1S/C16H25N3O2/c1-12(2)18-16(21)17-9-15(20)11-19-8-7-13-5-3-4-6-14(13)10-19/h3-6,12,15,20H,7-11H2,1-2H3,(H2,17,18,21). The van der Waals surface area contributed by atoms with Crippen molar-refractivity contribution in [1.82, 2.24) is 15.5 Å². The smallest absolute Gasteiger partial charge is 0.315 e. The Hall–Kier alpha value is -1.59. The van der Waals surface area contributed by atoms with Crippen molar-refractivity contribution < 1.29 is 9.90 Å². The molecule has 0 aromatic heterocycles. The van der Waals surface area contributed by atoms with Crippen LogP contribution in [0, 0.1) is 0 Å². The molecule has 1 atom stereocenters. The number of fused-ring (bicyclic) bond motifs is 1. The summed E-state index contributed by atoms with van der Waals surface area (Å²) in [6, 6.07) is 8.30. The normalized spacial score (nSPS) is 16.4. The van der Waals surface area contributed by atoms with Gasteiger partial charge in [0.25, 0.3) is 0 Å². The lowest BCUT2D eigenvalue weighted by molar-refractivity contribution is 0.105. The Balaban J connectivity index is 1.74. The summed E-state index contributed by atoms with van der Waals surface area (Å²) < 4.78 is 0. The van der Waals surface area contributed by atoms with Crippen molar-refractivity contribution in [2.24, 2.45) is 0 Å². The lowest BCUT2D eigenvalue weighted by Gasteiger charge is -2.30. The third-order valence-electron chi connectivity index (χ3n) is 3.60. The van der Waals surface area contributed by atoms with Crippen molar-refractivity contribution in [1.29, 1.82) is 0 Å². The molecule has 21 heavy (non-hydrogen) atoms. The van der Waals surface area contributed by atoms with Crippen molar-refractivity contribution in [3.05, 3.63) is 35.4 Å². The van der Waals surface area contributed by atoms with Crippen LogP contribution in [0.25, 0.3) is 0 Å². The fourth-order valence-corrected chi connectivity index (χ4v) is 2.60. The third kappa shape index (κ3) is 5.02. The maximum Gasteiger partial charge on any atom is 0.315 e. The quantitative estimate of drug-likeness (QED) is 0.761. The first-order chi connectivity index (χ1) is 10.0. The van der Waals surface area contributed by atoms with E-state index in [9.17, 15) is 9.90 Å². The molecule has 1 heterocycles. The molecule has 0 spiro atoms. The summed E-state index contributed by atoms with van der Waals surface area (Å²) in [5, 5.41) is 15.5. The second-order valence-corrected chi connectivity index (χ2v) is 5.92. The highest BCUT2D eigenvalue weighted by atomic mass is 16.3. The van der Waals surface area contributed by atoms with Gasteiger partial charge in [0.05, 0.1) is 6.10 Å². The topological polar surface area (TPSA) is 64.6 Å². The number of hydrogen-bond acceptors (Lipinski definition) is 3. The van der Waals surface area contributed by atoms with Gasteiger partial charge < -0.3 is 15.7 Å². The first kappa shape index (κ1) is 15.8. The molecule has 1 aromatic rings. The van der Waals surface area contributed by atoms with Gasteiger partial charge in [-0.3, -0.25) is 4.90 Å². The number of benzene rings is 1. The van der Waals surface area contributed by atoms with Gasteiger partial charge in [-0.05, 0) is 31.4 Å². The van der Waals surface area contributed by atoms with Crippen molar-refractivity contribution in [2.45, 2.75) is 39.0 Å². The molecule has 2 rings (SSSR count). The molecule has 5 heteroatoms. The van der Waals surface area contributed by atoms with Crippen LogP contribution in [0.2, 0.25) is 0 Å². The van der Waals surface area contributed by atoms with E-state index in [2.05, 4.69) is 39.8 Å². The van der Waals surface area contributed by atoms with Gasteiger partial charge in [0.2, 0.25) is 0 Å². The lowest BCUT2D eigenvalue weighted by atomic mass is 10.00. The van der Waals surface area contributed by atoms with Crippen LogP contribution in [0.3, 0.4) is 0 Å². The summed E-state index contributed by atoms with van der Waals surface area (Å²) in [4.78, 5) is 13.7. The summed E-state index contributed by atoms with van der Waals surface area (Å²) >= 11 is 0. The second-order valence-electron chi connectivity index (χ2n) is 5.92. The summed E-state index contributed by atoms with van der Waals surface area (Å²) in [6.45, 7) is 6.48. The zero-order valence-corrected chi connectivity index (χ0v) is 12.8. The minimum Gasteiger partial charge on any atom is -0.390 e. The van der Waals surface area contributed by atoms with Crippen LogP contribution in [-0.2, 0) is 13.0 Å². The molecule has 2 amide bonds. The maximum atomic E-state index is 11.5. The number of rotatable bonds is 5. The molecule has 0 aliphatic carbocycles. The van der Waals surface area contributed by atoms with Crippen LogP contribution in [0.5, 0.6) is 0 Å². The maximum absolute atomic E-state index is 11.5. The molecule has 0 radical (unpaired) electrons. The van der Waals surface area contributed by atoms with Gasteiger partial charge in [0.1, 0.15) is 0 Å². The summed E-state index contributed by atoms with van der Waals surface area (Å²) in [5.41, 5.74) is 2.74. The van der Waals surface area contributed by atoms with Gasteiger partial charge >= 0.3 is 6.03 Å².